The fourth-order valence-electron chi connectivity index (χ4n) is 1.93. The summed E-state index contributed by atoms with van der Waals surface area (Å²) in [5.74, 6) is -1.59. The maximum absolute atomic E-state index is 13.9. The van der Waals surface area contributed by atoms with E-state index in [-0.39, 0.29) is 12.4 Å². The van der Waals surface area contributed by atoms with Crippen LogP contribution in [-0.2, 0) is 13.2 Å². The number of ether oxygens (including phenoxy) is 1. The molecule has 1 aromatic carbocycles. The van der Waals surface area contributed by atoms with Gasteiger partial charge in [-0.1, -0.05) is 0 Å². The quantitative estimate of drug-likeness (QED) is 0.874. The average molecular weight is 295 g/mol. The summed E-state index contributed by atoms with van der Waals surface area (Å²) in [5.41, 5.74) is 1.52. The van der Waals surface area contributed by atoms with Crippen molar-refractivity contribution in [3.05, 3.63) is 51.7 Å². The first kappa shape index (κ1) is 13.5. The molecule has 0 spiro atoms. The predicted molar refractivity (Wildman–Crippen MR) is 74.9 cm³/mol. The van der Waals surface area contributed by atoms with E-state index in [1.165, 1.54) is 23.5 Å². The minimum absolute atomic E-state index is 0.178. The first-order valence-corrected chi connectivity index (χ1v) is 7.52. The Balaban J connectivity index is 1.67. The summed E-state index contributed by atoms with van der Waals surface area (Å²) in [7, 11) is 0. The summed E-state index contributed by atoms with van der Waals surface area (Å²) >= 11 is 1.52. The number of hydrogen-bond acceptors (Lipinski definition) is 3. The highest BCUT2D eigenvalue weighted by molar-refractivity contribution is 7.07. The Labute approximate surface area is 120 Å². The van der Waals surface area contributed by atoms with Crippen molar-refractivity contribution in [1.29, 1.82) is 0 Å². The van der Waals surface area contributed by atoms with Gasteiger partial charge < -0.3 is 10.1 Å². The van der Waals surface area contributed by atoms with Gasteiger partial charge in [-0.15, -0.1) is 0 Å². The number of thiophene rings is 1. The molecular weight excluding hydrogens is 280 g/mol. The molecular formula is C15H15F2NOS. The molecule has 1 aliphatic rings. The Kier molecular flexibility index (Phi) is 3.98. The first-order chi connectivity index (χ1) is 9.72. The van der Waals surface area contributed by atoms with Crippen LogP contribution in [0.3, 0.4) is 0 Å². The third-order valence-electron chi connectivity index (χ3n) is 3.19. The highest BCUT2D eigenvalue weighted by atomic mass is 32.1. The normalized spacial score (nSPS) is 14.5. The second-order valence-electron chi connectivity index (χ2n) is 4.96. The summed E-state index contributed by atoms with van der Waals surface area (Å²) in [6.45, 7) is 0.667. The molecule has 1 aromatic heterocycles. The zero-order chi connectivity index (χ0) is 13.9. The van der Waals surface area contributed by atoms with Crippen molar-refractivity contribution in [2.45, 2.75) is 32.0 Å². The minimum Gasteiger partial charge on any atom is -0.483 e. The average Bonchev–Trinajstić information content (AvgIpc) is 3.10. The van der Waals surface area contributed by atoms with E-state index in [0.717, 1.165) is 18.4 Å². The van der Waals surface area contributed by atoms with Gasteiger partial charge in [0.05, 0.1) is 0 Å². The Morgan fingerprint density at radius 3 is 2.55 bits per heavy atom. The third kappa shape index (κ3) is 3.35. The van der Waals surface area contributed by atoms with E-state index < -0.39 is 11.6 Å². The molecule has 1 fully saturated rings. The molecule has 106 valence electrons. The maximum atomic E-state index is 13.9. The van der Waals surface area contributed by atoms with Gasteiger partial charge in [0.1, 0.15) is 6.61 Å². The van der Waals surface area contributed by atoms with E-state index in [1.807, 2.05) is 16.8 Å². The Morgan fingerprint density at radius 1 is 1.20 bits per heavy atom. The highest BCUT2D eigenvalue weighted by Gasteiger charge is 2.20. The molecule has 5 heteroatoms. The lowest BCUT2D eigenvalue weighted by Gasteiger charge is -2.10. The lowest BCUT2D eigenvalue weighted by molar-refractivity contribution is 0.274. The summed E-state index contributed by atoms with van der Waals surface area (Å²) in [5, 5.41) is 7.02. The summed E-state index contributed by atoms with van der Waals surface area (Å²) in [4.78, 5) is 0. The van der Waals surface area contributed by atoms with E-state index in [9.17, 15) is 8.78 Å². The van der Waals surface area contributed by atoms with Crippen molar-refractivity contribution in [1.82, 2.24) is 5.32 Å². The minimum atomic E-state index is -0.646. The number of rotatable bonds is 6. The van der Waals surface area contributed by atoms with Gasteiger partial charge in [0.25, 0.3) is 0 Å². The van der Waals surface area contributed by atoms with Crippen LogP contribution in [0, 0.1) is 11.6 Å². The van der Waals surface area contributed by atoms with Crippen LogP contribution >= 0.6 is 11.3 Å². The summed E-state index contributed by atoms with van der Waals surface area (Å²) in [6, 6.07) is 5.05. The van der Waals surface area contributed by atoms with Gasteiger partial charge in [-0.05, 0) is 52.9 Å². The van der Waals surface area contributed by atoms with Gasteiger partial charge in [0.2, 0.25) is 0 Å². The second kappa shape index (κ2) is 5.89. The van der Waals surface area contributed by atoms with Crippen LogP contribution < -0.4 is 10.1 Å². The Hall–Kier alpha value is -1.46. The van der Waals surface area contributed by atoms with Crippen LogP contribution in [0.2, 0.25) is 0 Å². The molecule has 1 aliphatic carbocycles. The van der Waals surface area contributed by atoms with Gasteiger partial charge in [-0.3, -0.25) is 0 Å². The van der Waals surface area contributed by atoms with E-state index in [0.29, 0.717) is 18.2 Å². The molecule has 1 saturated carbocycles. The first-order valence-electron chi connectivity index (χ1n) is 6.57. The van der Waals surface area contributed by atoms with Gasteiger partial charge in [-0.25, -0.2) is 8.78 Å². The second-order valence-corrected chi connectivity index (χ2v) is 5.74. The smallest absolute Gasteiger partial charge is 0.191 e. The number of hydrogen-bond donors (Lipinski definition) is 1. The van der Waals surface area contributed by atoms with Crippen LogP contribution in [0.15, 0.2) is 29.0 Å². The van der Waals surface area contributed by atoms with Crippen LogP contribution in [-0.4, -0.2) is 6.04 Å². The van der Waals surface area contributed by atoms with Gasteiger partial charge in [-0.2, -0.15) is 11.3 Å². The SMILES string of the molecule is Fc1cc(CNC2CC2)cc(F)c1OCc1ccsc1. The number of halogens is 2. The fourth-order valence-corrected chi connectivity index (χ4v) is 2.59. The molecule has 0 aliphatic heterocycles. The van der Waals surface area contributed by atoms with Gasteiger partial charge in [0, 0.05) is 12.6 Å². The molecule has 2 nitrogen and oxygen atoms in total. The summed E-state index contributed by atoms with van der Waals surface area (Å²) in [6.07, 6.45) is 2.29. The largest absolute Gasteiger partial charge is 0.483 e. The van der Waals surface area contributed by atoms with Crippen molar-refractivity contribution >= 4 is 11.3 Å². The molecule has 3 rings (SSSR count). The summed E-state index contributed by atoms with van der Waals surface area (Å²) < 4.78 is 33.0. The lowest BCUT2D eigenvalue weighted by Crippen LogP contribution is -2.15. The highest BCUT2D eigenvalue weighted by Crippen LogP contribution is 2.25. The monoisotopic (exact) mass is 295 g/mol. The standard InChI is InChI=1S/C15H15F2NOS/c16-13-5-11(7-18-12-1-2-12)6-14(17)15(13)19-8-10-3-4-20-9-10/h3-6,9,12,18H,1-2,7-8H2. The molecule has 0 unspecified atom stereocenters. The van der Waals surface area contributed by atoms with Crippen LogP contribution in [0.4, 0.5) is 8.78 Å². The zero-order valence-corrected chi connectivity index (χ0v) is 11.7. The predicted octanol–water partition coefficient (Wildman–Crippen LogP) is 3.86. The Bertz CT molecular complexity index is 559. The molecule has 20 heavy (non-hydrogen) atoms. The zero-order valence-electron chi connectivity index (χ0n) is 10.9. The van der Waals surface area contributed by atoms with E-state index >= 15 is 0 Å². The third-order valence-corrected chi connectivity index (χ3v) is 3.93. The van der Waals surface area contributed by atoms with Crippen molar-refractivity contribution in [3.63, 3.8) is 0 Å². The molecule has 1 heterocycles. The molecule has 0 radical (unpaired) electrons. The molecule has 0 bridgehead atoms. The fraction of sp³-hybridized carbons (Fsp3) is 0.333. The van der Waals surface area contributed by atoms with Crippen molar-refractivity contribution in [3.8, 4) is 5.75 Å². The van der Waals surface area contributed by atoms with E-state index in [2.05, 4.69) is 5.32 Å². The van der Waals surface area contributed by atoms with E-state index in [1.54, 1.807) is 0 Å². The topological polar surface area (TPSA) is 21.3 Å². The molecule has 0 amide bonds. The molecule has 0 atom stereocenters. The molecule has 2 aromatic rings. The molecule has 1 N–H and O–H groups in total. The van der Waals surface area contributed by atoms with Crippen molar-refractivity contribution < 1.29 is 13.5 Å². The van der Waals surface area contributed by atoms with Crippen LogP contribution in [0.25, 0.3) is 0 Å². The van der Waals surface area contributed by atoms with Gasteiger partial charge >= 0.3 is 0 Å². The maximum Gasteiger partial charge on any atom is 0.191 e. The molecule has 0 saturated heterocycles. The van der Waals surface area contributed by atoms with E-state index in [4.69, 9.17) is 4.74 Å². The van der Waals surface area contributed by atoms with Crippen LogP contribution in [0.5, 0.6) is 5.75 Å². The van der Waals surface area contributed by atoms with Gasteiger partial charge in [0.15, 0.2) is 17.4 Å². The van der Waals surface area contributed by atoms with Crippen molar-refractivity contribution in [2.75, 3.05) is 0 Å². The van der Waals surface area contributed by atoms with Crippen LogP contribution in [0.1, 0.15) is 24.0 Å². The number of benzene rings is 1. The van der Waals surface area contributed by atoms with Crippen molar-refractivity contribution in [2.24, 2.45) is 0 Å². The number of nitrogens with one attached hydrogen (secondary N) is 1. The lowest BCUT2D eigenvalue weighted by atomic mass is 10.2. The Morgan fingerprint density at radius 2 is 1.95 bits per heavy atom.